The average molecular weight is 226 g/mol. The lowest BCUT2D eigenvalue weighted by Gasteiger charge is -2.01. The molecule has 3 rings (SSSR count). The van der Waals surface area contributed by atoms with Crippen molar-refractivity contribution in [2.45, 2.75) is 0 Å². The number of fused-ring (bicyclic) bond motifs is 1. The summed E-state index contributed by atoms with van der Waals surface area (Å²) in [5.41, 5.74) is 6.95. The summed E-state index contributed by atoms with van der Waals surface area (Å²) in [7, 11) is 0. The number of rotatable bonds is 2. The zero-order valence-electron chi connectivity index (χ0n) is 8.95. The third-order valence-electron chi connectivity index (χ3n) is 2.35. The highest BCUT2D eigenvalue weighted by molar-refractivity contribution is 5.70. The van der Waals surface area contributed by atoms with Gasteiger partial charge in [0.1, 0.15) is 11.4 Å². The molecule has 0 aliphatic rings. The van der Waals surface area contributed by atoms with Crippen LogP contribution in [0.5, 0.6) is 11.6 Å². The molecule has 0 saturated heterocycles. The fraction of sp³-hybridized carbons (Fsp3) is 0. The van der Waals surface area contributed by atoms with Gasteiger partial charge in [-0.3, -0.25) is 0 Å². The molecule has 0 unspecified atom stereocenters. The predicted molar refractivity (Wildman–Crippen MR) is 63.9 cm³/mol. The van der Waals surface area contributed by atoms with Crippen LogP contribution in [0.4, 0.5) is 5.69 Å². The lowest BCUT2D eigenvalue weighted by Crippen LogP contribution is -1.90. The van der Waals surface area contributed by atoms with Gasteiger partial charge in [0, 0.05) is 12.4 Å². The number of nitrogen functional groups attached to an aromatic ring is 1. The van der Waals surface area contributed by atoms with E-state index in [-0.39, 0.29) is 0 Å². The van der Waals surface area contributed by atoms with Gasteiger partial charge in [0.15, 0.2) is 5.65 Å². The first-order valence-corrected chi connectivity index (χ1v) is 5.16. The van der Waals surface area contributed by atoms with Crippen molar-refractivity contribution in [3.8, 4) is 11.6 Å². The molecule has 0 radical (unpaired) electrons. The van der Waals surface area contributed by atoms with Crippen molar-refractivity contribution >= 4 is 11.3 Å². The summed E-state index contributed by atoms with van der Waals surface area (Å²) in [6.07, 6.45) is 3.44. The highest BCUT2D eigenvalue weighted by atomic mass is 16.5. The number of hydrogen-bond acceptors (Lipinski definition) is 4. The lowest BCUT2D eigenvalue weighted by molar-refractivity contribution is 0.461. The van der Waals surface area contributed by atoms with Crippen LogP contribution in [-0.2, 0) is 0 Å². The Morgan fingerprint density at radius 2 is 1.94 bits per heavy atom. The van der Waals surface area contributed by atoms with Crippen molar-refractivity contribution < 1.29 is 4.74 Å². The number of nitrogens with zero attached hydrogens (tertiary/aromatic N) is 3. The van der Waals surface area contributed by atoms with Gasteiger partial charge in [-0.2, -0.15) is 0 Å². The number of para-hydroxylation sites is 1. The molecule has 2 heterocycles. The fourth-order valence-electron chi connectivity index (χ4n) is 1.56. The molecule has 2 aromatic heterocycles. The van der Waals surface area contributed by atoms with Crippen LogP contribution in [0.1, 0.15) is 0 Å². The number of aromatic nitrogens is 3. The minimum Gasteiger partial charge on any atom is -0.436 e. The largest absolute Gasteiger partial charge is 0.436 e. The van der Waals surface area contributed by atoms with Crippen LogP contribution in [0.3, 0.4) is 0 Å². The summed E-state index contributed by atoms with van der Waals surface area (Å²) in [4.78, 5) is 4.14. The Bertz CT molecular complexity index is 648. The molecule has 17 heavy (non-hydrogen) atoms. The molecule has 0 amide bonds. The maximum atomic E-state index is 5.92. The quantitative estimate of drug-likeness (QED) is 0.726. The molecule has 1 aromatic carbocycles. The Kier molecular flexibility index (Phi) is 2.15. The summed E-state index contributed by atoms with van der Waals surface area (Å²) < 4.78 is 7.19. The molecule has 0 fully saturated rings. The minimum atomic E-state index is 0.370. The fourth-order valence-corrected chi connectivity index (χ4v) is 1.56. The number of anilines is 1. The third-order valence-corrected chi connectivity index (χ3v) is 2.35. The van der Waals surface area contributed by atoms with E-state index in [2.05, 4.69) is 10.1 Å². The molecule has 0 atom stereocenters. The Labute approximate surface area is 97.5 Å². The van der Waals surface area contributed by atoms with E-state index >= 15 is 0 Å². The minimum absolute atomic E-state index is 0.370. The zero-order chi connectivity index (χ0) is 11.7. The van der Waals surface area contributed by atoms with Crippen LogP contribution < -0.4 is 10.5 Å². The van der Waals surface area contributed by atoms with E-state index in [1.807, 2.05) is 30.3 Å². The van der Waals surface area contributed by atoms with Crippen LogP contribution in [0, 0.1) is 0 Å². The molecule has 0 spiro atoms. The first-order chi connectivity index (χ1) is 8.34. The normalized spacial score (nSPS) is 10.6. The second kappa shape index (κ2) is 3.79. The maximum Gasteiger partial charge on any atom is 0.264 e. The first-order valence-electron chi connectivity index (χ1n) is 5.16. The summed E-state index contributed by atoms with van der Waals surface area (Å²) in [5, 5.41) is 4.21. The Balaban J connectivity index is 2.04. The van der Waals surface area contributed by atoms with Gasteiger partial charge >= 0.3 is 0 Å². The van der Waals surface area contributed by atoms with Gasteiger partial charge in [-0.15, -0.1) is 5.10 Å². The lowest BCUT2D eigenvalue weighted by atomic mass is 10.3. The summed E-state index contributed by atoms with van der Waals surface area (Å²) >= 11 is 0. The summed E-state index contributed by atoms with van der Waals surface area (Å²) in [5.74, 6) is 1.07. The van der Waals surface area contributed by atoms with E-state index in [9.17, 15) is 0 Å². The van der Waals surface area contributed by atoms with E-state index in [1.54, 1.807) is 23.0 Å². The van der Waals surface area contributed by atoms with Crippen LogP contribution in [0.25, 0.3) is 5.65 Å². The van der Waals surface area contributed by atoms with Gasteiger partial charge < -0.3 is 10.5 Å². The van der Waals surface area contributed by atoms with Crippen molar-refractivity contribution in [2.75, 3.05) is 5.73 Å². The molecule has 3 aromatic rings. The monoisotopic (exact) mass is 226 g/mol. The van der Waals surface area contributed by atoms with E-state index in [0.29, 0.717) is 23.0 Å². The number of nitrogens with two attached hydrogens (primary N) is 1. The number of ether oxygens (including phenoxy) is 1. The van der Waals surface area contributed by atoms with E-state index in [1.165, 1.54) is 0 Å². The molecule has 0 saturated carbocycles. The van der Waals surface area contributed by atoms with Gasteiger partial charge in [-0.25, -0.2) is 9.50 Å². The van der Waals surface area contributed by atoms with Gasteiger partial charge in [-0.05, 0) is 18.2 Å². The van der Waals surface area contributed by atoms with Crippen molar-refractivity contribution in [2.24, 2.45) is 0 Å². The van der Waals surface area contributed by atoms with Gasteiger partial charge in [0.25, 0.3) is 5.88 Å². The SMILES string of the molecule is Nc1c(Oc2ccccc2)nn2cccnc12. The maximum absolute atomic E-state index is 5.92. The van der Waals surface area contributed by atoms with Crippen LogP contribution in [0.2, 0.25) is 0 Å². The van der Waals surface area contributed by atoms with Gasteiger partial charge in [-0.1, -0.05) is 18.2 Å². The molecule has 0 bridgehead atoms. The van der Waals surface area contributed by atoms with Crippen molar-refractivity contribution in [3.05, 3.63) is 48.8 Å². The molecule has 0 aliphatic heterocycles. The molecule has 5 nitrogen and oxygen atoms in total. The Morgan fingerprint density at radius 3 is 2.71 bits per heavy atom. The predicted octanol–water partition coefficient (Wildman–Crippen LogP) is 2.10. The standard InChI is InChI=1S/C12H10N4O/c13-10-11-14-7-4-8-16(11)15-12(10)17-9-5-2-1-3-6-9/h1-8H,13H2. The van der Waals surface area contributed by atoms with E-state index in [4.69, 9.17) is 10.5 Å². The van der Waals surface area contributed by atoms with Crippen molar-refractivity contribution in [1.82, 2.24) is 14.6 Å². The molecule has 0 aliphatic carbocycles. The topological polar surface area (TPSA) is 65.4 Å². The second-order valence-electron chi connectivity index (χ2n) is 3.52. The molecule has 2 N–H and O–H groups in total. The number of benzene rings is 1. The highest BCUT2D eigenvalue weighted by Crippen LogP contribution is 2.27. The summed E-state index contributed by atoms with van der Waals surface area (Å²) in [6, 6.07) is 11.2. The van der Waals surface area contributed by atoms with Crippen molar-refractivity contribution in [1.29, 1.82) is 0 Å². The Morgan fingerprint density at radius 1 is 1.12 bits per heavy atom. The van der Waals surface area contributed by atoms with Gasteiger partial charge in [0.2, 0.25) is 0 Å². The third kappa shape index (κ3) is 1.67. The van der Waals surface area contributed by atoms with Crippen LogP contribution in [-0.4, -0.2) is 14.6 Å². The van der Waals surface area contributed by atoms with E-state index in [0.717, 1.165) is 0 Å². The van der Waals surface area contributed by atoms with Crippen LogP contribution in [0.15, 0.2) is 48.8 Å². The highest BCUT2D eigenvalue weighted by Gasteiger charge is 2.11. The summed E-state index contributed by atoms with van der Waals surface area (Å²) in [6.45, 7) is 0. The first kappa shape index (κ1) is 9.65. The average Bonchev–Trinajstić information content (AvgIpc) is 2.68. The molecular formula is C12H10N4O. The Hall–Kier alpha value is -2.56. The molecule has 5 heteroatoms. The van der Waals surface area contributed by atoms with Crippen LogP contribution >= 0.6 is 0 Å². The second-order valence-corrected chi connectivity index (χ2v) is 3.52. The van der Waals surface area contributed by atoms with E-state index < -0.39 is 0 Å². The smallest absolute Gasteiger partial charge is 0.264 e. The van der Waals surface area contributed by atoms with Gasteiger partial charge in [0.05, 0.1) is 0 Å². The van der Waals surface area contributed by atoms with Crippen molar-refractivity contribution in [3.63, 3.8) is 0 Å². The zero-order valence-corrected chi connectivity index (χ0v) is 8.95. The number of hydrogen-bond donors (Lipinski definition) is 1. The molecular weight excluding hydrogens is 216 g/mol. The molecule has 84 valence electrons.